The standard InChI is InChI=1S/C16H15BrClF/c1-11-5-7-12(8-6-11)14(10-18)9-13-3-2-4-15(19)16(13)17/h2-8,14H,9-10H2,1H3. The van der Waals surface area contributed by atoms with Gasteiger partial charge in [-0.3, -0.25) is 0 Å². The van der Waals surface area contributed by atoms with E-state index in [9.17, 15) is 4.39 Å². The van der Waals surface area contributed by atoms with Gasteiger partial charge in [-0.1, -0.05) is 42.0 Å². The molecule has 2 aromatic carbocycles. The highest BCUT2D eigenvalue weighted by molar-refractivity contribution is 9.10. The first-order chi connectivity index (χ1) is 9.11. The summed E-state index contributed by atoms with van der Waals surface area (Å²) in [4.78, 5) is 0. The third-order valence-corrected chi connectivity index (χ3v) is 4.49. The molecule has 0 saturated carbocycles. The predicted octanol–water partition coefficient (Wildman–Crippen LogP) is 5.46. The van der Waals surface area contributed by atoms with E-state index in [0.717, 1.165) is 12.0 Å². The summed E-state index contributed by atoms with van der Waals surface area (Å²) in [5.41, 5.74) is 3.37. The molecule has 0 bridgehead atoms. The van der Waals surface area contributed by atoms with Crippen molar-refractivity contribution in [1.29, 1.82) is 0 Å². The van der Waals surface area contributed by atoms with Gasteiger partial charge in [-0.25, -0.2) is 4.39 Å². The molecular formula is C16H15BrClF. The van der Waals surface area contributed by atoms with Crippen LogP contribution in [0.15, 0.2) is 46.9 Å². The van der Waals surface area contributed by atoms with Crippen molar-refractivity contribution in [3.63, 3.8) is 0 Å². The Labute approximate surface area is 126 Å². The van der Waals surface area contributed by atoms with E-state index in [4.69, 9.17) is 11.6 Å². The van der Waals surface area contributed by atoms with Gasteiger partial charge in [0.15, 0.2) is 0 Å². The first-order valence-corrected chi connectivity index (χ1v) is 7.50. The van der Waals surface area contributed by atoms with Crippen molar-refractivity contribution < 1.29 is 4.39 Å². The second kappa shape index (κ2) is 6.53. The fourth-order valence-electron chi connectivity index (χ4n) is 2.07. The van der Waals surface area contributed by atoms with E-state index in [-0.39, 0.29) is 11.7 Å². The number of alkyl halides is 1. The van der Waals surface area contributed by atoms with Gasteiger partial charge in [-0.05, 0) is 46.5 Å². The van der Waals surface area contributed by atoms with Crippen LogP contribution in [0.5, 0.6) is 0 Å². The third-order valence-electron chi connectivity index (χ3n) is 3.23. The van der Waals surface area contributed by atoms with E-state index in [0.29, 0.717) is 10.4 Å². The Morgan fingerprint density at radius 2 is 1.84 bits per heavy atom. The zero-order valence-corrected chi connectivity index (χ0v) is 13.0. The van der Waals surface area contributed by atoms with Crippen LogP contribution in [0.3, 0.4) is 0 Å². The number of aryl methyl sites for hydroxylation is 1. The highest BCUT2D eigenvalue weighted by atomic mass is 79.9. The van der Waals surface area contributed by atoms with Crippen molar-refractivity contribution in [1.82, 2.24) is 0 Å². The van der Waals surface area contributed by atoms with Gasteiger partial charge in [0.25, 0.3) is 0 Å². The molecule has 0 saturated heterocycles. The smallest absolute Gasteiger partial charge is 0.137 e. The van der Waals surface area contributed by atoms with Gasteiger partial charge in [0.1, 0.15) is 5.82 Å². The lowest BCUT2D eigenvalue weighted by Crippen LogP contribution is -2.05. The van der Waals surface area contributed by atoms with E-state index in [1.165, 1.54) is 17.2 Å². The van der Waals surface area contributed by atoms with Crippen molar-refractivity contribution >= 4 is 27.5 Å². The fourth-order valence-corrected chi connectivity index (χ4v) is 2.79. The van der Waals surface area contributed by atoms with E-state index in [1.807, 2.05) is 6.07 Å². The normalized spacial score (nSPS) is 12.4. The van der Waals surface area contributed by atoms with Crippen LogP contribution in [0.2, 0.25) is 0 Å². The minimum atomic E-state index is -0.227. The van der Waals surface area contributed by atoms with Crippen LogP contribution in [0.1, 0.15) is 22.6 Å². The molecule has 0 aliphatic heterocycles. The topological polar surface area (TPSA) is 0 Å². The summed E-state index contributed by atoms with van der Waals surface area (Å²) in [6, 6.07) is 13.5. The Bertz CT molecular complexity index is 551. The van der Waals surface area contributed by atoms with Crippen molar-refractivity contribution in [2.75, 3.05) is 5.88 Å². The van der Waals surface area contributed by atoms with Crippen LogP contribution < -0.4 is 0 Å². The first-order valence-electron chi connectivity index (χ1n) is 6.17. The Balaban J connectivity index is 2.24. The molecule has 0 heterocycles. The molecule has 3 heteroatoms. The molecule has 2 rings (SSSR count). The third kappa shape index (κ3) is 3.58. The maximum atomic E-state index is 13.5. The monoisotopic (exact) mass is 340 g/mol. The SMILES string of the molecule is Cc1ccc(C(CCl)Cc2cccc(F)c2Br)cc1. The van der Waals surface area contributed by atoms with Gasteiger partial charge in [-0.15, -0.1) is 11.6 Å². The maximum Gasteiger partial charge on any atom is 0.137 e. The molecule has 0 nitrogen and oxygen atoms in total. The van der Waals surface area contributed by atoms with Crippen molar-refractivity contribution in [2.24, 2.45) is 0 Å². The van der Waals surface area contributed by atoms with Crippen LogP contribution in [-0.2, 0) is 6.42 Å². The Morgan fingerprint density at radius 3 is 2.47 bits per heavy atom. The van der Waals surface area contributed by atoms with Gasteiger partial charge in [0.05, 0.1) is 4.47 Å². The summed E-state index contributed by atoms with van der Waals surface area (Å²) in [7, 11) is 0. The second-order valence-corrected chi connectivity index (χ2v) is 5.78. The Morgan fingerprint density at radius 1 is 1.16 bits per heavy atom. The fraction of sp³-hybridized carbons (Fsp3) is 0.250. The van der Waals surface area contributed by atoms with Gasteiger partial charge < -0.3 is 0 Å². The van der Waals surface area contributed by atoms with Gasteiger partial charge in [0.2, 0.25) is 0 Å². The lowest BCUT2D eigenvalue weighted by atomic mass is 9.93. The van der Waals surface area contributed by atoms with Crippen LogP contribution in [0.25, 0.3) is 0 Å². The molecule has 0 aliphatic carbocycles. The summed E-state index contributed by atoms with van der Waals surface area (Å²) in [5, 5.41) is 0. The molecule has 100 valence electrons. The lowest BCUT2D eigenvalue weighted by Gasteiger charge is -2.16. The maximum absolute atomic E-state index is 13.5. The summed E-state index contributed by atoms with van der Waals surface area (Å²) >= 11 is 9.38. The molecule has 2 aromatic rings. The van der Waals surface area contributed by atoms with Crippen LogP contribution in [-0.4, -0.2) is 5.88 Å². The Hall–Kier alpha value is -0.860. The molecule has 0 aromatic heterocycles. The quantitative estimate of drug-likeness (QED) is 0.648. The number of rotatable bonds is 4. The molecule has 0 spiro atoms. The van der Waals surface area contributed by atoms with Crippen molar-refractivity contribution in [3.05, 3.63) is 69.4 Å². The molecule has 0 radical (unpaired) electrons. The van der Waals surface area contributed by atoms with Crippen LogP contribution in [0, 0.1) is 12.7 Å². The van der Waals surface area contributed by atoms with E-state index in [1.54, 1.807) is 6.07 Å². The highest BCUT2D eigenvalue weighted by Crippen LogP contribution is 2.28. The summed E-state index contributed by atoms with van der Waals surface area (Å²) in [5.74, 6) is 0.488. The average Bonchev–Trinajstić information content (AvgIpc) is 2.42. The van der Waals surface area contributed by atoms with E-state index >= 15 is 0 Å². The van der Waals surface area contributed by atoms with Crippen molar-refractivity contribution in [3.8, 4) is 0 Å². The van der Waals surface area contributed by atoms with Crippen molar-refractivity contribution in [2.45, 2.75) is 19.3 Å². The molecule has 1 atom stereocenters. The molecular weight excluding hydrogens is 327 g/mol. The molecule has 0 amide bonds. The largest absolute Gasteiger partial charge is 0.206 e. The van der Waals surface area contributed by atoms with Gasteiger partial charge in [-0.2, -0.15) is 0 Å². The summed E-state index contributed by atoms with van der Waals surface area (Å²) < 4.78 is 14.0. The second-order valence-electron chi connectivity index (χ2n) is 4.68. The van der Waals surface area contributed by atoms with E-state index in [2.05, 4.69) is 47.1 Å². The molecule has 0 aliphatic rings. The van der Waals surface area contributed by atoms with E-state index < -0.39 is 0 Å². The zero-order valence-electron chi connectivity index (χ0n) is 10.7. The van der Waals surface area contributed by atoms with Crippen LogP contribution >= 0.6 is 27.5 Å². The van der Waals surface area contributed by atoms with Gasteiger partial charge >= 0.3 is 0 Å². The molecule has 1 unspecified atom stereocenters. The number of halogens is 3. The number of benzene rings is 2. The van der Waals surface area contributed by atoms with Gasteiger partial charge in [0, 0.05) is 11.8 Å². The lowest BCUT2D eigenvalue weighted by molar-refractivity contribution is 0.615. The highest BCUT2D eigenvalue weighted by Gasteiger charge is 2.14. The van der Waals surface area contributed by atoms with Crippen LogP contribution in [0.4, 0.5) is 4.39 Å². The number of hydrogen-bond acceptors (Lipinski definition) is 0. The zero-order chi connectivity index (χ0) is 13.8. The minimum Gasteiger partial charge on any atom is -0.206 e. The minimum absolute atomic E-state index is 0.195. The Kier molecular flexibility index (Phi) is 5.00. The summed E-state index contributed by atoms with van der Waals surface area (Å²) in [6.07, 6.45) is 0.727. The first kappa shape index (κ1) is 14.5. The number of hydrogen-bond donors (Lipinski definition) is 0. The molecule has 0 fully saturated rings. The summed E-state index contributed by atoms with van der Waals surface area (Å²) in [6.45, 7) is 2.06. The molecule has 19 heavy (non-hydrogen) atoms. The molecule has 0 N–H and O–H groups in total. The average molecular weight is 342 g/mol. The predicted molar refractivity (Wildman–Crippen MR) is 82.4 cm³/mol.